The summed E-state index contributed by atoms with van der Waals surface area (Å²) in [6, 6.07) is 39.1. The Labute approximate surface area is 297 Å². The van der Waals surface area contributed by atoms with Crippen LogP contribution in [0.25, 0.3) is 85.6 Å². The van der Waals surface area contributed by atoms with Gasteiger partial charge >= 0.3 is 0 Å². The zero-order chi connectivity index (χ0) is 33.4. The molecule has 0 fully saturated rings. The van der Waals surface area contributed by atoms with Crippen molar-refractivity contribution in [2.24, 2.45) is 0 Å². The van der Waals surface area contributed by atoms with E-state index in [4.69, 9.17) is 15.0 Å². The van der Waals surface area contributed by atoms with E-state index >= 15 is 0 Å². The van der Waals surface area contributed by atoms with E-state index in [2.05, 4.69) is 130 Å². The summed E-state index contributed by atoms with van der Waals surface area (Å²) in [4.78, 5) is 15.4. The van der Waals surface area contributed by atoms with Gasteiger partial charge in [0.2, 0.25) is 0 Å². The highest BCUT2D eigenvalue weighted by Crippen LogP contribution is 2.45. The molecule has 6 aromatic carbocycles. The Morgan fingerprint density at radius 2 is 0.898 bits per heavy atom. The van der Waals surface area contributed by atoms with Gasteiger partial charge in [-0.05, 0) is 12.1 Å². The predicted octanol–water partition coefficient (Wildman–Crippen LogP) is 2.57. The number of rotatable bonds is 4. The molecular formula is C39H28B5N3S2. The van der Waals surface area contributed by atoms with E-state index in [0.717, 1.165) is 22.5 Å². The van der Waals surface area contributed by atoms with Crippen LogP contribution in [0.5, 0.6) is 0 Å². The maximum Gasteiger partial charge on any atom is 0.164 e. The molecule has 3 aromatic heterocycles. The average molecular weight is 657 g/mol. The maximum atomic E-state index is 5.20. The molecule has 0 aliphatic heterocycles. The minimum atomic E-state index is 0.686. The van der Waals surface area contributed by atoms with Crippen LogP contribution >= 0.6 is 22.7 Å². The molecule has 0 radical (unpaired) electrons. The van der Waals surface area contributed by atoms with E-state index in [1.54, 1.807) is 0 Å². The minimum absolute atomic E-state index is 0.686. The molecule has 0 aliphatic carbocycles. The van der Waals surface area contributed by atoms with Crippen LogP contribution in [-0.4, -0.2) is 54.2 Å². The van der Waals surface area contributed by atoms with Crippen molar-refractivity contribution < 1.29 is 0 Å². The third-order valence-electron chi connectivity index (χ3n) is 10.3. The first kappa shape index (κ1) is 30.2. The Morgan fingerprint density at radius 1 is 0.388 bits per heavy atom. The fourth-order valence-electron chi connectivity index (χ4n) is 7.28. The van der Waals surface area contributed by atoms with Gasteiger partial charge in [-0.2, -0.15) is 0 Å². The van der Waals surface area contributed by atoms with Gasteiger partial charge in [0.15, 0.2) is 17.5 Å². The first-order valence-corrected chi connectivity index (χ1v) is 18.3. The summed E-state index contributed by atoms with van der Waals surface area (Å²) >= 11 is 3.74. The smallest absolute Gasteiger partial charge is 0.164 e. The first-order valence-electron chi connectivity index (χ1n) is 16.6. The number of nitrogens with zero attached hydrogens (tertiary/aromatic N) is 3. The second-order valence-corrected chi connectivity index (χ2v) is 15.1. The highest BCUT2D eigenvalue weighted by atomic mass is 32.1. The molecule has 9 aromatic rings. The molecule has 0 saturated carbocycles. The van der Waals surface area contributed by atoms with Crippen LogP contribution in [0.3, 0.4) is 0 Å². The monoisotopic (exact) mass is 657 g/mol. The van der Waals surface area contributed by atoms with Gasteiger partial charge in [-0.15, -0.1) is 39.1 Å². The normalized spacial score (nSPS) is 11.7. The van der Waals surface area contributed by atoms with Crippen molar-refractivity contribution in [2.75, 3.05) is 0 Å². The fraction of sp³-hybridized carbons (Fsp3) is 0. The molecule has 0 saturated heterocycles. The number of hydrogen-bond donors (Lipinski definition) is 0. The second-order valence-electron chi connectivity index (χ2n) is 12.9. The molecular weight excluding hydrogens is 629 g/mol. The van der Waals surface area contributed by atoms with Gasteiger partial charge in [0.25, 0.3) is 0 Å². The van der Waals surface area contributed by atoms with E-state index in [1.807, 2.05) is 40.9 Å². The minimum Gasteiger partial charge on any atom is -0.208 e. The first-order chi connectivity index (χ1) is 23.9. The number of hydrogen-bond acceptors (Lipinski definition) is 5. The molecule has 0 N–H and O–H groups in total. The van der Waals surface area contributed by atoms with E-state index in [9.17, 15) is 0 Å². The van der Waals surface area contributed by atoms with Crippen molar-refractivity contribution in [3.05, 3.63) is 109 Å². The molecule has 0 unspecified atom stereocenters. The molecule has 0 spiro atoms. The van der Waals surface area contributed by atoms with Crippen molar-refractivity contribution in [1.82, 2.24) is 15.0 Å². The Kier molecular flexibility index (Phi) is 7.15. The van der Waals surface area contributed by atoms with Crippen LogP contribution in [0.1, 0.15) is 0 Å². The van der Waals surface area contributed by atoms with Gasteiger partial charge in [-0.3, -0.25) is 0 Å². The Balaban J connectivity index is 1.24. The third-order valence-corrected chi connectivity index (χ3v) is 12.8. The van der Waals surface area contributed by atoms with E-state index < -0.39 is 0 Å². The standard InChI is InChI=1S/C39H28B5N3S2/c40-30-29(31(41)33(43)34(44)32(30)42)39-46-37(19-8-2-1-3-9-19)45-38(47-39)20-16-17-22-24-12-7-14-26(36(24)49-28(22)18-20)25-13-6-11-23-21-10-4-5-15-27(21)48-35(23)25/h1-18H,40-44H2. The van der Waals surface area contributed by atoms with Gasteiger partial charge < -0.3 is 0 Å². The van der Waals surface area contributed by atoms with Crippen molar-refractivity contribution in [2.45, 2.75) is 0 Å². The predicted molar refractivity (Wildman–Crippen MR) is 228 cm³/mol. The molecule has 10 heteroatoms. The van der Waals surface area contributed by atoms with Gasteiger partial charge in [-0.25, -0.2) is 15.0 Å². The third kappa shape index (κ3) is 4.80. The molecule has 3 nitrogen and oxygen atoms in total. The molecule has 3 heterocycles. The SMILES string of the molecule is Bc1c(B)c(B)c(-c2nc(-c3ccccc3)nc(-c3ccc4c(c3)sc3c(-c5cccc6c5sc5ccccc56)cccc34)n2)c(B)c1B. The molecule has 226 valence electrons. The highest BCUT2D eigenvalue weighted by molar-refractivity contribution is 7.27. The van der Waals surface area contributed by atoms with Crippen molar-refractivity contribution >= 4 is 130 Å². The second kappa shape index (κ2) is 11.6. The Hall–Kier alpha value is -4.91. The van der Waals surface area contributed by atoms with Crippen LogP contribution in [0.4, 0.5) is 0 Å². The maximum absolute atomic E-state index is 5.20. The number of thiophene rings is 2. The summed E-state index contributed by atoms with van der Waals surface area (Å²) in [5, 5.41) is 5.18. The quantitative estimate of drug-likeness (QED) is 0.274. The molecule has 49 heavy (non-hydrogen) atoms. The number of benzene rings is 6. The highest BCUT2D eigenvalue weighted by Gasteiger charge is 2.20. The molecule has 0 aliphatic rings. The largest absolute Gasteiger partial charge is 0.208 e. The summed E-state index contributed by atoms with van der Waals surface area (Å²) in [6.45, 7) is 0. The van der Waals surface area contributed by atoms with Crippen molar-refractivity contribution in [1.29, 1.82) is 0 Å². The van der Waals surface area contributed by atoms with Gasteiger partial charge in [-0.1, -0.05) is 108 Å². The summed E-state index contributed by atoms with van der Waals surface area (Å²) in [5.74, 6) is 2.10. The lowest BCUT2D eigenvalue weighted by Crippen LogP contribution is -2.55. The summed E-state index contributed by atoms with van der Waals surface area (Å²) in [7, 11) is 11.0. The summed E-state index contributed by atoms with van der Waals surface area (Å²) in [6.07, 6.45) is 0. The lowest BCUT2D eigenvalue weighted by molar-refractivity contribution is 1.08. The van der Waals surface area contributed by atoms with Crippen molar-refractivity contribution in [3.63, 3.8) is 0 Å². The average Bonchev–Trinajstić information content (AvgIpc) is 3.72. The molecule has 0 amide bonds. The molecule has 0 bridgehead atoms. The summed E-state index contributed by atoms with van der Waals surface area (Å²) in [5.41, 5.74) is 12.0. The van der Waals surface area contributed by atoms with E-state index in [1.165, 1.54) is 78.8 Å². The Bertz CT molecular complexity index is 2760. The summed E-state index contributed by atoms with van der Waals surface area (Å²) < 4.78 is 5.19. The zero-order valence-electron chi connectivity index (χ0n) is 28.1. The number of fused-ring (bicyclic) bond motifs is 6. The van der Waals surface area contributed by atoms with Gasteiger partial charge in [0.1, 0.15) is 39.2 Å². The van der Waals surface area contributed by atoms with Crippen LogP contribution in [0.2, 0.25) is 0 Å². The topological polar surface area (TPSA) is 38.7 Å². The van der Waals surface area contributed by atoms with Crippen LogP contribution in [-0.2, 0) is 0 Å². The van der Waals surface area contributed by atoms with E-state index in [-0.39, 0.29) is 0 Å². The lowest BCUT2D eigenvalue weighted by Gasteiger charge is -2.20. The fourth-order valence-corrected chi connectivity index (χ4v) is 9.78. The van der Waals surface area contributed by atoms with Crippen LogP contribution in [0, 0.1) is 0 Å². The van der Waals surface area contributed by atoms with Gasteiger partial charge in [0, 0.05) is 68.2 Å². The van der Waals surface area contributed by atoms with E-state index in [0.29, 0.717) is 11.6 Å². The van der Waals surface area contributed by atoms with Crippen LogP contribution in [0.15, 0.2) is 109 Å². The molecule has 9 rings (SSSR count). The van der Waals surface area contributed by atoms with Crippen molar-refractivity contribution in [3.8, 4) is 45.3 Å². The van der Waals surface area contributed by atoms with Gasteiger partial charge in [0.05, 0.1) is 0 Å². The van der Waals surface area contributed by atoms with Crippen LogP contribution < -0.4 is 27.3 Å². The zero-order valence-corrected chi connectivity index (χ0v) is 29.7. The molecule has 0 atom stereocenters. The Morgan fingerprint density at radius 3 is 1.57 bits per heavy atom. The number of aromatic nitrogens is 3. The lowest BCUT2D eigenvalue weighted by atomic mass is 9.60.